The van der Waals surface area contributed by atoms with Crippen molar-refractivity contribution in [2.75, 3.05) is 4.90 Å². The van der Waals surface area contributed by atoms with Crippen LogP contribution in [-0.4, -0.2) is 28.8 Å². The Bertz CT molecular complexity index is 618. The lowest BCUT2D eigenvalue weighted by Crippen LogP contribution is -2.51. The Labute approximate surface area is 124 Å². The van der Waals surface area contributed by atoms with Crippen molar-refractivity contribution in [2.24, 2.45) is 5.41 Å². The molecular weight excluding hydrogens is 326 g/mol. The van der Waals surface area contributed by atoms with Crippen molar-refractivity contribution in [2.45, 2.75) is 26.8 Å². The van der Waals surface area contributed by atoms with Crippen LogP contribution in [0.25, 0.3) is 0 Å². The third kappa shape index (κ3) is 2.24. The number of hydrogen-bond donors (Lipinski definition) is 1. The second-order valence-corrected chi connectivity index (χ2v) is 6.69. The number of carboxylic acid groups (broad SMARTS) is 1. The molecule has 0 bridgehead atoms. The van der Waals surface area contributed by atoms with Crippen LogP contribution in [0.4, 0.5) is 5.69 Å². The number of nitrogens with zero attached hydrogens (tertiary/aromatic N) is 1. The molecule has 1 aliphatic heterocycles. The van der Waals surface area contributed by atoms with Crippen LogP contribution in [0.15, 0.2) is 22.7 Å². The Hall–Kier alpha value is -1.69. The third-order valence-electron chi connectivity index (χ3n) is 3.19. The van der Waals surface area contributed by atoms with Gasteiger partial charge in [0, 0.05) is 4.47 Å². The summed E-state index contributed by atoms with van der Waals surface area (Å²) in [4.78, 5) is 36.8. The predicted octanol–water partition coefficient (Wildman–Crippen LogP) is 2.48. The summed E-state index contributed by atoms with van der Waals surface area (Å²) in [6.07, 6.45) is 0. The molecule has 0 aromatic heterocycles. The molecule has 0 fully saturated rings. The van der Waals surface area contributed by atoms with E-state index in [1.807, 2.05) is 0 Å². The van der Waals surface area contributed by atoms with E-state index in [1.165, 1.54) is 6.07 Å². The van der Waals surface area contributed by atoms with E-state index >= 15 is 0 Å². The number of anilines is 1. The van der Waals surface area contributed by atoms with Crippen LogP contribution >= 0.6 is 15.9 Å². The van der Waals surface area contributed by atoms with Crippen LogP contribution in [0.5, 0.6) is 0 Å². The molecular formula is C14H14BrNO4. The van der Waals surface area contributed by atoms with Crippen molar-refractivity contribution in [1.29, 1.82) is 0 Å². The topological polar surface area (TPSA) is 74.7 Å². The fourth-order valence-corrected chi connectivity index (χ4v) is 2.72. The smallest absolute Gasteiger partial charge is 0.327 e. The van der Waals surface area contributed by atoms with Crippen molar-refractivity contribution in [3.63, 3.8) is 0 Å². The van der Waals surface area contributed by atoms with Gasteiger partial charge in [0.1, 0.15) is 6.04 Å². The molecule has 1 aromatic rings. The average molecular weight is 340 g/mol. The van der Waals surface area contributed by atoms with E-state index in [4.69, 9.17) is 0 Å². The Balaban J connectivity index is 2.62. The molecule has 5 nitrogen and oxygen atoms in total. The summed E-state index contributed by atoms with van der Waals surface area (Å²) in [7, 11) is 0. The van der Waals surface area contributed by atoms with E-state index in [0.717, 1.165) is 4.90 Å². The largest absolute Gasteiger partial charge is 0.480 e. The molecule has 2 rings (SSSR count). The number of rotatable bonds is 2. The van der Waals surface area contributed by atoms with Gasteiger partial charge >= 0.3 is 5.97 Å². The van der Waals surface area contributed by atoms with E-state index in [9.17, 15) is 19.5 Å². The summed E-state index contributed by atoms with van der Waals surface area (Å²) in [6.45, 7) is 5.17. The SMILES string of the molecule is CC(C)(C)C(C(=O)O)N1C(=O)C(=O)c2cc(Br)ccc21. The highest BCUT2D eigenvalue weighted by atomic mass is 79.9. The second kappa shape index (κ2) is 4.70. The third-order valence-corrected chi connectivity index (χ3v) is 3.68. The number of hydrogen-bond acceptors (Lipinski definition) is 3. The van der Waals surface area contributed by atoms with Crippen LogP contribution in [0.1, 0.15) is 31.1 Å². The Morgan fingerprint density at radius 3 is 2.40 bits per heavy atom. The summed E-state index contributed by atoms with van der Waals surface area (Å²) in [5, 5.41) is 9.44. The fourth-order valence-electron chi connectivity index (χ4n) is 2.36. The van der Waals surface area contributed by atoms with Gasteiger partial charge in [-0.1, -0.05) is 36.7 Å². The van der Waals surface area contributed by atoms with Gasteiger partial charge in [-0.15, -0.1) is 0 Å². The molecule has 0 saturated carbocycles. The van der Waals surface area contributed by atoms with Gasteiger partial charge in [-0.05, 0) is 23.6 Å². The number of carbonyl (C=O) groups is 3. The molecule has 20 heavy (non-hydrogen) atoms. The minimum atomic E-state index is -1.13. The number of Topliss-reactive ketones (excluding diaryl/α,β-unsaturated/α-hetero) is 1. The maximum atomic E-state index is 12.2. The highest BCUT2D eigenvalue weighted by Crippen LogP contribution is 2.37. The van der Waals surface area contributed by atoms with Crippen molar-refractivity contribution >= 4 is 39.3 Å². The van der Waals surface area contributed by atoms with Crippen LogP contribution in [0.2, 0.25) is 0 Å². The van der Waals surface area contributed by atoms with Crippen LogP contribution in [0.3, 0.4) is 0 Å². The van der Waals surface area contributed by atoms with E-state index < -0.39 is 29.1 Å². The van der Waals surface area contributed by atoms with Gasteiger partial charge in [-0.3, -0.25) is 14.5 Å². The standard InChI is InChI=1S/C14H14BrNO4/c1-14(2,3)11(13(19)20)16-9-5-4-7(15)6-8(9)10(17)12(16)18/h4-6,11H,1-3H3,(H,19,20). The molecule has 1 N–H and O–H groups in total. The van der Waals surface area contributed by atoms with Gasteiger partial charge in [0.2, 0.25) is 0 Å². The Morgan fingerprint density at radius 2 is 1.90 bits per heavy atom. The molecule has 0 aliphatic carbocycles. The quantitative estimate of drug-likeness (QED) is 0.840. The predicted molar refractivity (Wildman–Crippen MR) is 76.8 cm³/mol. The summed E-state index contributed by atoms with van der Waals surface area (Å²) >= 11 is 3.24. The number of carboxylic acids is 1. The first-order valence-corrected chi connectivity index (χ1v) is 6.84. The maximum Gasteiger partial charge on any atom is 0.327 e. The number of ketones is 1. The van der Waals surface area contributed by atoms with Crippen LogP contribution < -0.4 is 4.90 Å². The van der Waals surface area contributed by atoms with Gasteiger partial charge in [0.25, 0.3) is 11.7 Å². The molecule has 0 radical (unpaired) electrons. The first-order chi connectivity index (χ1) is 9.14. The summed E-state index contributed by atoms with van der Waals surface area (Å²) in [5.41, 5.74) is -0.110. The Kier molecular flexibility index (Phi) is 3.46. The van der Waals surface area contributed by atoms with Gasteiger partial charge in [-0.25, -0.2) is 4.79 Å². The Morgan fingerprint density at radius 1 is 1.30 bits per heavy atom. The maximum absolute atomic E-state index is 12.2. The summed E-state index contributed by atoms with van der Waals surface area (Å²) in [5.74, 6) is -2.59. The molecule has 1 aliphatic rings. The van der Waals surface area contributed by atoms with Crippen LogP contribution in [-0.2, 0) is 9.59 Å². The highest BCUT2D eigenvalue weighted by molar-refractivity contribution is 9.10. The van der Waals surface area contributed by atoms with Gasteiger partial charge in [0.15, 0.2) is 0 Å². The lowest BCUT2D eigenvalue weighted by Gasteiger charge is -2.34. The zero-order valence-corrected chi connectivity index (χ0v) is 12.9. The fraction of sp³-hybridized carbons (Fsp3) is 0.357. The van der Waals surface area contributed by atoms with E-state index in [2.05, 4.69) is 15.9 Å². The number of aliphatic carboxylic acids is 1. The van der Waals surface area contributed by atoms with Gasteiger partial charge < -0.3 is 5.11 Å². The minimum Gasteiger partial charge on any atom is -0.480 e. The minimum absolute atomic E-state index is 0.236. The van der Waals surface area contributed by atoms with E-state index in [1.54, 1.807) is 32.9 Å². The number of amides is 1. The van der Waals surface area contributed by atoms with Crippen molar-refractivity contribution < 1.29 is 19.5 Å². The molecule has 1 atom stereocenters. The van der Waals surface area contributed by atoms with E-state index in [-0.39, 0.29) is 5.56 Å². The normalized spacial score (nSPS) is 16.3. The zero-order chi connectivity index (χ0) is 15.2. The molecule has 0 spiro atoms. The van der Waals surface area contributed by atoms with E-state index in [0.29, 0.717) is 10.2 Å². The van der Waals surface area contributed by atoms with Crippen molar-refractivity contribution in [3.8, 4) is 0 Å². The van der Waals surface area contributed by atoms with Gasteiger partial charge in [-0.2, -0.15) is 0 Å². The first kappa shape index (κ1) is 14.7. The van der Waals surface area contributed by atoms with Gasteiger partial charge in [0.05, 0.1) is 11.3 Å². The number of carbonyl (C=O) groups excluding carboxylic acids is 2. The average Bonchev–Trinajstić information content (AvgIpc) is 2.52. The highest BCUT2D eigenvalue weighted by Gasteiger charge is 2.47. The molecule has 1 amide bonds. The lowest BCUT2D eigenvalue weighted by molar-refractivity contribution is -0.142. The molecule has 1 heterocycles. The van der Waals surface area contributed by atoms with Crippen molar-refractivity contribution in [3.05, 3.63) is 28.2 Å². The zero-order valence-electron chi connectivity index (χ0n) is 11.3. The molecule has 1 aromatic carbocycles. The second-order valence-electron chi connectivity index (χ2n) is 5.77. The first-order valence-electron chi connectivity index (χ1n) is 6.05. The molecule has 106 valence electrons. The molecule has 1 unspecified atom stereocenters. The summed E-state index contributed by atoms with van der Waals surface area (Å²) in [6, 6.07) is 3.71. The monoisotopic (exact) mass is 339 g/mol. The number of halogens is 1. The van der Waals surface area contributed by atoms with Crippen LogP contribution in [0, 0.1) is 5.41 Å². The lowest BCUT2D eigenvalue weighted by atomic mass is 9.85. The summed E-state index contributed by atoms with van der Waals surface area (Å²) < 4.78 is 0.668. The number of benzene rings is 1. The number of fused-ring (bicyclic) bond motifs is 1. The molecule has 0 saturated heterocycles. The molecule has 6 heteroatoms. The van der Waals surface area contributed by atoms with Crippen molar-refractivity contribution in [1.82, 2.24) is 0 Å².